The zero-order valence-corrected chi connectivity index (χ0v) is 18.9. The Morgan fingerprint density at radius 3 is 2.65 bits per heavy atom. The number of hydrogen-bond acceptors (Lipinski definition) is 7. The summed E-state index contributed by atoms with van der Waals surface area (Å²) in [6.45, 7) is 5.08. The van der Waals surface area contributed by atoms with Gasteiger partial charge in [-0.3, -0.25) is 0 Å². The normalized spacial score (nSPS) is 23.2. The maximum absolute atomic E-state index is 11.7. The van der Waals surface area contributed by atoms with Gasteiger partial charge in [0.15, 0.2) is 0 Å². The molecule has 6 nitrogen and oxygen atoms in total. The second-order valence-electron chi connectivity index (χ2n) is 7.93. The zero-order valence-electron chi connectivity index (χ0n) is 18.0. The number of rotatable bonds is 7. The summed E-state index contributed by atoms with van der Waals surface area (Å²) in [5.41, 5.74) is 2.49. The largest absolute Gasteiger partial charge is 0.492 e. The standard InChI is InChI=1S/C24H29NO5S/c1-24(23(26)27-2)29-16-19(17-30-24)15-18-7-9-20(10-8-18)28-13-11-25-12-14-31-22-6-4-3-5-21(22)25/h3-10,19H,11-17H2,1-2H3/t19-,24-. The van der Waals surface area contributed by atoms with Gasteiger partial charge in [-0.2, -0.15) is 0 Å². The van der Waals surface area contributed by atoms with Crippen LogP contribution in [0.5, 0.6) is 5.75 Å². The van der Waals surface area contributed by atoms with Crippen molar-refractivity contribution in [2.45, 2.75) is 24.0 Å². The smallest absolute Gasteiger partial charge is 0.366 e. The van der Waals surface area contributed by atoms with Gasteiger partial charge in [-0.1, -0.05) is 24.3 Å². The molecule has 4 rings (SSSR count). The molecule has 166 valence electrons. The monoisotopic (exact) mass is 443 g/mol. The first-order chi connectivity index (χ1) is 15.1. The molecule has 2 aliphatic rings. The highest BCUT2D eigenvalue weighted by molar-refractivity contribution is 7.99. The van der Waals surface area contributed by atoms with E-state index in [1.54, 1.807) is 6.92 Å². The minimum atomic E-state index is -1.30. The highest BCUT2D eigenvalue weighted by atomic mass is 32.2. The third-order valence-electron chi connectivity index (χ3n) is 5.65. The van der Waals surface area contributed by atoms with E-state index in [-0.39, 0.29) is 5.92 Å². The lowest BCUT2D eigenvalue weighted by Gasteiger charge is -2.35. The quantitative estimate of drug-likeness (QED) is 0.604. The fourth-order valence-corrected chi connectivity index (χ4v) is 4.90. The first-order valence-electron chi connectivity index (χ1n) is 10.6. The van der Waals surface area contributed by atoms with Crippen molar-refractivity contribution in [2.24, 2.45) is 5.92 Å². The highest BCUT2D eigenvalue weighted by Gasteiger charge is 2.41. The Kier molecular flexibility index (Phi) is 7.05. The van der Waals surface area contributed by atoms with E-state index >= 15 is 0 Å². The zero-order chi connectivity index (χ0) is 21.7. The van der Waals surface area contributed by atoms with Crippen molar-refractivity contribution in [3.8, 4) is 5.75 Å². The minimum Gasteiger partial charge on any atom is -0.492 e. The lowest BCUT2D eigenvalue weighted by atomic mass is 9.99. The number of nitrogens with zero attached hydrogens (tertiary/aromatic N) is 1. The van der Waals surface area contributed by atoms with Crippen molar-refractivity contribution in [3.05, 3.63) is 54.1 Å². The molecule has 0 saturated carbocycles. The van der Waals surface area contributed by atoms with Crippen LogP contribution in [0, 0.1) is 5.92 Å². The Morgan fingerprint density at radius 1 is 1.16 bits per heavy atom. The molecular weight excluding hydrogens is 414 g/mol. The summed E-state index contributed by atoms with van der Waals surface area (Å²) < 4.78 is 22.0. The average molecular weight is 444 g/mol. The van der Waals surface area contributed by atoms with Gasteiger partial charge in [0, 0.05) is 30.0 Å². The molecule has 0 amide bonds. The van der Waals surface area contributed by atoms with Crippen LogP contribution in [0.4, 0.5) is 5.69 Å². The molecule has 1 fully saturated rings. The number of ether oxygens (including phenoxy) is 4. The summed E-state index contributed by atoms with van der Waals surface area (Å²) >= 11 is 1.92. The molecule has 0 spiro atoms. The molecule has 2 heterocycles. The highest BCUT2D eigenvalue weighted by Crippen LogP contribution is 2.34. The molecule has 7 heteroatoms. The van der Waals surface area contributed by atoms with Crippen LogP contribution in [-0.4, -0.2) is 57.5 Å². The van der Waals surface area contributed by atoms with Gasteiger partial charge in [-0.25, -0.2) is 4.79 Å². The van der Waals surface area contributed by atoms with Gasteiger partial charge in [-0.05, 0) is 36.2 Å². The van der Waals surface area contributed by atoms with E-state index in [1.165, 1.54) is 23.3 Å². The van der Waals surface area contributed by atoms with Gasteiger partial charge in [0.25, 0.3) is 5.79 Å². The fraction of sp³-hybridized carbons (Fsp3) is 0.458. The molecule has 2 aromatic rings. The van der Waals surface area contributed by atoms with E-state index in [4.69, 9.17) is 18.9 Å². The molecular formula is C24H29NO5S. The van der Waals surface area contributed by atoms with Crippen LogP contribution in [0.25, 0.3) is 0 Å². The van der Waals surface area contributed by atoms with Crippen LogP contribution in [0.1, 0.15) is 12.5 Å². The summed E-state index contributed by atoms with van der Waals surface area (Å²) in [6.07, 6.45) is 0.819. The molecule has 2 aromatic carbocycles. The Balaban J connectivity index is 1.23. The Hall–Kier alpha value is -2.22. The van der Waals surface area contributed by atoms with Crippen molar-refractivity contribution < 1.29 is 23.7 Å². The summed E-state index contributed by atoms with van der Waals surface area (Å²) in [4.78, 5) is 15.5. The minimum absolute atomic E-state index is 0.196. The van der Waals surface area contributed by atoms with E-state index in [0.717, 1.165) is 31.0 Å². The van der Waals surface area contributed by atoms with Gasteiger partial charge < -0.3 is 23.8 Å². The maximum Gasteiger partial charge on any atom is 0.366 e. The van der Waals surface area contributed by atoms with E-state index in [9.17, 15) is 4.79 Å². The number of carbonyl (C=O) groups excluding carboxylic acids is 1. The number of para-hydroxylation sites is 1. The van der Waals surface area contributed by atoms with Crippen LogP contribution in [0.2, 0.25) is 0 Å². The van der Waals surface area contributed by atoms with Gasteiger partial charge in [0.05, 0.1) is 32.6 Å². The third kappa shape index (κ3) is 5.34. The SMILES string of the molecule is COC(=O)[C@]1(C)OC[C@@H](Cc2ccc(OCCN3CCSc4ccccc43)cc2)CO1. The van der Waals surface area contributed by atoms with E-state index in [1.807, 2.05) is 23.9 Å². The number of thioether (sulfide) groups is 1. The van der Waals surface area contributed by atoms with Gasteiger partial charge in [-0.15, -0.1) is 11.8 Å². The molecule has 0 bridgehead atoms. The topological polar surface area (TPSA) is 57.2 Å². The van der Waals surface area contributed by atoms with Gasteiger partial charge >= 0.3 is 5.97 Å². The maximum atomic E-state index is 11.7. The molecule has 0 unspecified atom stereocenters. The van der Waals surface area contributed by atoms with Crippen molar-refractivity contribution in [2.75, 3.05) is 50.7 Å². The lowest BCUT2D eigenvalue weighted by Crippen LogP contribution is -2.48. The Morgan fingerprint density at radius 2 is 1.90 bits per heavy atom. The van der Waals surface area contributed by atoms with E-state index in [0.29, 0.717) is 19.8 Å². The summed E-state index contributed by atoms with van der Waals surface area (Å²) in [5.74, 6) is 0.383. The number of methoxy groups -OCH3 is 1. The fourth-order valence-electron chi connectivity index (χ4n) is 3.85. The average Bonchev–Trinajstić information content (AvgIpc) is 2.81. The first kappa shape index (κ1) is 22.0. The van der Waals surface area contributed by atoms with Crippen LogP contribution < -0.4 is 9.64 Å². The van der Waals surface area contributed by atoms with Crippen molar-refractivity contribution >= 4 is 23.4 Å². The second-order valence-corrected chi connectivity index (χ2v) is 9.06. The van der Waals surface area contributed by atoms with E-state index < -0.39 is 11.8 Å². The molecule has 0 aromatic heterocycles. The molecule has 0 atom stereocenters. The van der Waals surface area contributed by atoms with Crippen LogP contribution in [0.15, 0.2) is 53.4 Å². The van der Waals surface area contributed by atoms with Crippen molar-refractivity contribution in [3.63, 3.8) is 0 Å². The number of hydrogen-bond donors (Lipinski definition) is 0. The van der Waals surface area contributed by atoms with E-state index in [2.05, 4.69) is 41.3 Å². The Labute approximate surface area is 187 Å². The molecule has 31 heavy (non-hydrogen) atoms. The summed E-state index contributed by atoms with van der Waals surface area (Å²) in [5, 5.41) is 0. The van der Waals surface area contributed by atoms with Gasteiger partial charge in [0.2, 0.25) is 0 Å². The number of benzene rings is 2. The summed E-state index contributed by atoms with van der Waals surface area (Å²) in [7, 11) is 1.33. The molecule has 0 N–H and O–H groups in total. The molecule has 0 aliphatic carbocycles. The predicted octanol–water partition coefficient (Wildman–Crippen LogP) is 3.77. The van der Waals surface area contributed by atoms with Crippen LogP contribution >= 0.6 is 11.8 Å². The number of carbonyl (C=O) groups is 1. The Bertz CT molecular complexity index is 880. The summed E-state index contributed by atoms with van der Waals surface area (Å²) in [6, 6.07) is 16.7. The number of anilines is 1. The lowest BCUT2D eigenvalue weighted by molar-refractivity contribution is -0.272. The molecule has 1 saturated heterocycles. The van der Waals surface area contributed by atoms with Gasteiger partial charge in [0.1, 0.15) is 12.4 Å². The molecule has 2 aliphatic heterocycles. The second kappa shape index (κ2) is 9.94. The first-order valence-corrected chi connectivity index (χ1v) is 11.6. The predicted molar refractivity (Wildman–Crippen MR) is 121 cm³/mol. The number of fused-ring (bicyclic) bond motifs is 1. The van der Waals surface area contributed by atoms with Crippen molar-refractivity contribution in [1.29, 1.82) is 0 Å². The van der Waals surface area contributed by atoms with Crippen molar-refractivity contribution in [1.82, 2.24) is 0 Å². The number of esters is 1. The van der Waals surface area contributed by atoms with Crippen LogP contribution in [-0.2, 0) is 25.4 Å². The molecule has 0 radical (unpaired) electrons. The van der Waals surface area contributed by atoms with Crippen LogP contribution in [0.3, 0.4) is 0 Å². The third-order valence-corrected chi connectivity index (χ3v) is 6.69.